The summed E-state index contributed by atoms with van der Waals surface area (Å²) in [4.78, 5) is 29.0. The molecule has 0 bridgehead atoms. The summed E-state index contributed by atoms with van der Waals surface area (Å²) in [7, 11) is 0. The number of hydrogen-bond acceptors (Lipinski definition) is 3. The molecule has 0 N–H and O–H groups in total. The fraction of sp³-hybridized carbons (Fsp3) is 0.417. The lowest BCUT2D eigenvalue weighted by molar-refractivity contribution is -0.121. The molecule has 1 heterocycles. The number of ether oxygens (including phenoxy) is 1. The Labute approximate surface area is 173 Å². The van der Waals surface area contributed by atoms with Crippen molar-refractivity contribution in [3.05, 3.63) is 59.7 Å². The van der Waals surface area contributed by atoms with E-state index in [1.54, 1.807) is 4.90 Å². The summed E-state index contributed by atoms with van der Waals surface area (Å²) >= 11 is 0. The van der Waals surface area contributed by atoms with Crippen LogP contribution in [0.4, 0.5) is 5.69 Å². The number of carbonyl (C=O) groups excluding carboxylic acids is 2. The Balaban J connectivity index is 1.75. The largest absolute Gasteiger partial charge is 0.482 e. The maximum Gasteiger partial charge on any atom is 0.265 e. The lowest BCUT2D eigenvalue weighted by Gasteiger charge is -2.29. The second-order valence-electron chi connectivity index (χ2n) is 8.43. The summed E-state index contributed by atoms with van der Waals surface area (Å²) < 4.78 is 5.50. The molecule has 2 aromatic rings. The lowest BCUT2D eigenvalue weighted by Crippen LogP contribution is -2.38. The molecule has 0 spiro atoms. The Hall–Kier alpha value is -2.82. The molecule has 1 aliphatic rings. The van der Waals surface area contributed by atoms with Crippen molar-refractivity contribution >= 4 is 17.5 Å². The zero-order valence-corrected chi connectivity index (χ0v) is 17.7. The number of anilines is 1. The average molecular weight is 395 g/mol. The predicted octanol–water partition coefficient (Wildman–Crippen LogP) is 4.37. The van der Waals surface area contributed by atoms with Gasteiger partial charge in [0.05, 0.1) is 12.2 Å². The van der Waals surface area contributed by atoms with Crippen LogP contribution in [-0.2, 0) is 11.3 Å². The lowest BCUT2D eigenvalue weighted by atomic mass is 10.1. The van der Waals surface area contributed by atoms with E-state index in [9.17, 15) is 9.59 Å². The smallest absolute Gasteiger partial charge is 0.265 e. The van der Waals surface area contributed by atoms with Gasteiger partial charge in [0.15, 0.2) is 6.61 Å². The molecule has 0 radical (unpaired) electrons. The van der Waals surface area contributed by atoms with Crippen LogP contribution in [0.1, 0.15) is 43.6 Å². The number of para-hydroxylation sites is 2. The highest BCUT2D eigenvalue weighted by Crippen LogP contribution is 2.32. The van der Waals surface area contributed by atoms with Gasteiger partial charge in [0, 0.05) is 18.7 Å². The maximum atomic E-state index is 13.0. The average Bonchev–Trinajstić information content (AvgIpc) is 2.69. The van der Waals surface area contributed by atoms with Gasteiger partial charge in [-0.1, -0.05) is 52.0 Å². The van der Waals surface area contributed by atoms with E-state index in [0.717, 1.165) is 30.1 Å². The van der Waals surface area contributed by atoms with Crippen LogP contribution < -0.4 is 9.64 Å². The molecule has 0 fully saturated rings. The predicted molar refractivity (Wildman–Crippen MR) is 115 cm³/mol. The van der Waals surface area contributed by atoms with Crippen molar-refractivity contribution in [2.75, 3.05) is 24.6 Å². The Bertz CT molecular complexity index is 849. The Kier molecular flexibility index (Phi) is 6.57. The van der Waals surface area contributed by atoms with Gasteiger partial charge in [-0.05, 0) is 41.7 Å². The number of amides is 2. The Morgan fingerprint density at radius 2 is 1.62 bits per heavy atom. The molecular formula is C24H30N2O3. The monoisotopic (exact) mass is 394 g/mol. The highest BCUT2D eigenvalue weighted by atomic mass is 16.5. The van der Waals surface area contributed by atoms with Gasteiger partial charge in [-0.25, -0.2) is 0 Å². The summed E-state index contributed by atoms with van der Waals surface area (Å²) in [6, 6.07) is 15.1. The van der Waals surface area contributed by atoms with Crippen LogP contribution in [0.2, 0.25) is 0 Å². The zero-order chi connectivity index (χ0) is 21.0. The highest BCUT2D eigenvalue weighted by Gasteiger charge is 2.25. The molecule has 154 valence electrons. The molecule has 5 heteroatoms. The minimum absolute atomic E-state index is 0.0486. The fourth-order valence-corrected chi connectivity index (χ4v) is 3.57. The Morgan fingerprint density at radius 1 is 1.00 bits per heavy atom. The molecule has 0 saturated heterocycles. The van der Waals surface area contributed by atoms with Crippen molar-refractivity contribution < 1.29 is 14.3 Å². The van der Waals surface area contributed by atoms with Crippen LogP contribution in [0.5, 0.6) is 5.75 Å². The number of fused-ring (bicyclic) bond motifs is 1. The molecule has 2 aromatic carbocycles. The van der Waals surface area contributed by atoms with Crippen molar-refractivity contribution in [1.82, 2.24) is 4.90 Å². The van der Waals surface area contributed by atoms with Gasteiger partial charge in [0.25, 0.3) is 11.8 Å². The van der Waals surface area contributed by atoms with E-state index in [-0.39, 0.29) is 18.4 Å². The van der Waals surface area contributed by atoms with Crippen LogP contribution in [-0.4, -0.2) is 36.4 Å². The van der Waals surface area contributed by atoms with E-state index in [4.69, 9.17) is 4.74 Å². The number of nitrogens with zero attached hydrogens (tertiary/aromatic N) is 2. The maximum absolute atomic E-state index is 13.0. The molecule has 0 saturated carbocycles. The van der Waals surface area contributed by atoms with Crippen LogP contribution in [0, 0.1) is 11.8 Å². The first kappa shape index (κ1) is 20.9. The van der Waals surface area contributed by atoms with Gasteiger partial charge in [-0.2, -0.15) is 0 Å². The van der Waals surface area contributed by atoms with E-state index in [1.165, 1.54) is 0 Å². The minimum atomic E-state index is -0.0658. The summed E-state index contributed by atoms with van der Waals surface area (Å²) in [6.45, 7) is 10.5. The molecule has 0 unspecified atom stereocenters. The van der Waals surface area contributed by atoms with E-state index >= 15 is 0 Å². The molecule has 2 amide bonds. The molecule has 0 aliphatic carbocycles. The third-order valence-electron chi connectivity index (χ3n) is 4.81. The molecule has 0 atom stereocenters. The highest BCUT2D eigenvalue weighted by molar-refractivity contribution is 5.98. The van der Waals surface area contributed by atoms with E-state index in [1.807, 2.05) is 53.4 Å². The second-order valence-corrected chi connectivity index (χ2v) is 8.43. The van der Waals surface area contributed by atoms with Gasteiger partial charge in [0.1, 0.15) is 5.75 Å². The van der Waals surface area contributed by atoms with Crippen molar-refractivity contribution in [3.8, 4) is 5.75 Å². The minimum Gasteiger partial charge on any atom is -0.482 e. The van der Waals surface area contributed by atoms with Crippen molar-refractivity contribution in [2.24, 2.45) is 11.8 Å². The van der Waals surface area contributed by atoms with Gasteiger partial charge in [-0.15, -0.1) is 0 Å². The van der Waals surface area contributed by atoms with E-state index in [2.05, 4.69) is 27.7 Å². The molecule has 1 aliphatic heterocycles. The van der Waals surface area contributed by atoms with Gasteiger partial charge in [-0.3, -0.25) is 9.59 Å². The van der Waals surface area contributed by atoms with E-state index in [0.29, 0.717) is 23.9 Å². The first-order valence-corrected chi connectivity index (χ1v) is 10.3. The standard InChI is InChI=1S/C24H30N2O3/c1-17(2)13-25(14-18(3)4)24(28)20-11-9-19(10-12-20)15-26-21-7-5-6-8-22(21)29-16-23(26)27/h5-12,17-18H,13-16H2,1-4H3. The first-order valence-electron chi connectivity index (χ1n) is 10.3. The molecule has 0 aromatic heterocycles. The Morgan fingerprint density at radius 3 is 2.24 bits per heavy atom. The van der Waals surface area contributed by atoms with Gasteiger partial charge in [0.2, 0.25) is 0 Å². The molecule has 5 nitrogen and oxygen atoms in total. The van der Waals surface area contributed by atoms with Crippen LogP contribution in [0.15, 0.2) is 48.5 Å². The SMILES string of the molecule is CC(C)CN(CC(C)C)C(=O)c1ccc(CN2C(=O)COc3ccccc32)cc1. The molecular weight excluding hydrogens is 364 g/mol. The molecule has 3 rings (SSSR count). The van der Waals surface area contributed by atoms with Gasteiger partial charge >= 0.3 is 0 Å². The van der Waals surface area contributed by atoms with Crippen molar-refractivity contribution in [2.45, 2.75) is 34.2 Å². The summed E-state index contributed by atoms with van der Waals surface area (Å²) in [5.74, 6) is 1.56. The number of rotatable bonds is 7. The quantitative estimate of drug-likeness (QED) is 0.701. The first-order chi connectivity index (χ1) is 13.8. The van der Waals surface area contributed by atoms with Crippen LogP contribution >= 0.6 is 0 Å². The van der Waals surface area contributed by atoms with Crippen molar-refractivity contribution in [1.29, 1.82) is 0 Å². The third-order valence-corrected chi connectivity index (χ3v) is 4.81. The van der Waals surface area contributed by atoms with Crippen molar-refractivity contribution in [3.63, 3.8) is 0 Å². The summed E-state index contributed by atoms with van der Waals surface area (Å²) in [5, 5.41) is 0. The topological polar surface area (TPSA) is 49.9 Å². The second kappa shape index (κ2) is 9.12. The van der Waals surface area contributed by atoms with Gasteiger partial charge < -0.3 is 14.5 Å². The van der Waals surface area contributed by atoms with Crippen LogP contribution in [0.25, 0.3) is 0 Å². The third kappa shape index (κ3) is 5.17. The number of carbonyl (C=O) groups is 2. The fourth-order valence-electron chi connectivity index (χ4n) is 3.57. The van der Waals surface area contributed by atoms with Crippen LogP contribution in [0.3, 0.4) is 0 Å². The normalized spacial score (nSPS) is 13.4. The number of hydrogen-bond donors (Lipinski definition) is 0. The molecule has 29 heavy (non-hydrogen) atoms. The summed E-state index contributed by atoms with van der Waals surface area (Å²) in [6.07, 6.45) is 0. The van der Waals surface area contributed by atoms with E-state index < -0.39 is 0 Å². The zero-order valence-electron chi connectivity index (χ0n) is 17.7. The number of benzene rings is 2. The summed E-state index contributed by atoms with van der Waals surface area (Å²) in [5.41, 5.74) is 2.44.